The standard InChI is InChI=1S/C34H24N2S2/c1-34(2)24-12-4-3-10-22(24)23-11-9-15-28(32(23)34)36-26-14-6-8-17-30(26)37-31-20-21(18-19-27(31)36)33-35-25-13-5-7-16-29(25)38-33/h3-20H,1-2H3. The fourth-order valence-corrected chi connectivity index (χ4v) is 8.21. The van der Waals surface area contributed by atoms with E-state index < -0.39 is 0 Å². The van der Waals surface area contributed by atoms with E-state index in [2.05, 4.69) is 128 Å². The summed E-state index contributed by atoms with van der Waals surface area (Å²) in [6.45, 7) is 4.73. The Morgan fingerprint density at radius 1 is 0.658 bits per heavy atom. The zero-order chi connectivity index (χ0) is 25.4. The van der Waals surface area contributed by atoms with E-state index in [4.69, 9.17) is 4.98 Å². The first-order chi connectivity index (χ1) is 18.6. The van der Waals surface area contributed by atoms with E-state index in [-0.39, 0.29) is 5.41 Å². The molecule has 0 saturated carbocycles. The van der Waals surface area contributed by atoms with Crippen molar-refractivity contribution in [3.63, 3.8) is 0 Å². The topological polar surface area (TPSA) is 16.1 Å². The van der Waals surface area contributed by atoms with Gasteiger partial charge in [-0.15, -0.1) is 11.3 Å². The van der Waals surface area contributed by atoms with Crippen LogP contribution in [-0.2, 0) is 5.41 Å². The molecule has 5 aromatic carbocycles. The predicted molar refractivity (Wildman–Crippen MR) is 161 cm³/mol. The lowest BCUT2D eigenvalue weighted by atomic mass is 9.81. The Balaban J connectivity index is 1.34. The van der Waals surface area contributed by atoms with Gasteiger partial charge in [0.1, 0.15) is 5.01 Å². The van der Waals surface area contributed by atoms with Crippen molar-refractivity contribution >= 4 is 50.4 Å². The van der Waals surface area contributed by atoms with E-state index in [1.165, 1.54) is 59.4 Å². The average molecular weight is 525 g/mol. The minimum atomic E-state index is -0.0941. The Morgan fingerprint density at radius 3 is 2.32 bits per heavy atom. The van der Waals surface area contributed by atoms with E-state index in [0.29, 0.717) is 0 Å². The largest absolute Gasteiger partial charge is 0.308 e. The molecule has 1 aliphatic heterocycles. The molecular weight excluding hydrogens is 501 g/mol. The second-order valence-electron chi connectivity index (χ2n) is 10.4. The van der Waals surface area contributed by atoms with Gasteiger partial charge in [-0.1, -0.05) is 86.3 Å². The summed E-state index contributed by atoms with van der Waals surface area (Å²) in [7, 11) is 0. The van der Waals surface area contributed by atoms with Crippen molar-refractivity contribution in [1.82, 2.24) is 4.98 Å². The molecule has 0 spiro atoms. The van der Waals surface area contributed by atoms with E-state index >= 15 is 0 Å². The Labute approximate surface area is 230 Å². The Hall–Kier alpha value is -3.86. The Bertz CT molecular complexity index is 1870. The molecule has 0 fully saturated rings. The first-order valence-corrected chi connectivity index (χ1v) is 14.5. The number of anilines is 3. The average Bonchev–Trinajstić information content (AvgIpc) is 3.49. The molecule has 1 aliphatic carbocycles. The minimum Gasteiger partial charge on any atom is -0.308 e. The van der Waals surface area contributed by atoms with E-state index in [1.807, 2.05) is 11.8 Å². The minimum absolute atomic E-state index is 0.0941. The van der Waals surface area contributed by atoms with Gasteiger partial charge < -0.3 is 4.90 Å². The fraction of sp³-hybridized carbons (Fsp3) is 0.0882. The Kier molecular flexibility index (Phi) is 4.70. The number of benzene rings is 5. The second-order valence-corrected chi connectivity index (χ2v) is 12.6. The molecule has 8 rings (SSSR count). The molecule has 0 bridgehead atoms. The van der Waals surface area contributed by atoms with Crippen LogP contribution in [0.5, 0.6) is 0 Å². The third-order valence-electron chi connectivity index (χ3n) is 7.87. The van der Waals surface area contributed by atoms with E-state index in [1.54, 1.807) is 11.3 Å². The number of para-hydroxylation sites is 2. The second kappa shape index (κ2) is 8.07. The lowest BCUT2D eigenvalue weighted by Gasteiger charge is -2.36. The number of aromatic nitrogens is 1. The van der Waals surface area contributed by atoms with Crippen molar-refractivity contribution in [2.24, 2.45) is 0 Å². The first-order valence-electron chi connectivity index (χ1n) is 12.9. The number of hydrogen-bond donors (Lipinski definition) is 0. The van der Waals surface area contributed by atoms with Gasteiger partial charge in [-0.3, -0.25) is 0 Å². The molecule has 0 saturated heterocycles. The zero-order valence-electron chi connectivity index (χ0n) is 21.1. The summed E-state index contributed by atoms with van der Waals surface area (Å²) in [5.41, 5.74) is 11.3. The highest BCUT2D eigenvalue weighted by Crippen LogP contribution is 2.58. The maximum Gasteiger partial charge on any atom is 0.124 e. The summed E-state index contributed by atoms with van der Waals surface area (Å²) in [6.07, 6.45) is 0. The summed E-state index contributed by atoms with van der Waals surface area (Å²) in [5.74, 6) is 0. The van der Waals surface area contributed by atoms with Crippen molar-refractivity contribution in [3.8, 4) is 21.7 Å². The maximum absolute atomic E-state index is 4.94. The van der Waals surface area contributed by atoms with Gasteiger partial charge in [-0.2, -0.15) is 0 Å². The molecule has 0 atom stereocenters. The van der Waals surface area contributed by atoms with Crippen LogP contribution in [0.4, 0.5) is 17.1 Å². The predicted octanol–water partition coefficient (Wildman–Crippen LogP) is 10.2. The van der Waals surface area contributed by atoms with Gasteiger partial charge in [0.05, 0.1) is 27.3 Å². The quantitative estimate of drug-likeness (QED) is 0.224. The van der Waals surface area contributed by atoms with Crippen LogP contribution in [0.25, 0.3) is 31.9 Å². The number of fused-ring (bicyclic) bond motifs is 6. The van der Waals surface area contributed by atoms with Crippen LogP contribution in [0.2, 0.25) is 0 Å². The molecule has 0 radical (unpaired) electrons. The first kappa shape index (κ1) is 22.2. The number of rotatable bonds is 2. The third-order valence-corrected chi connectivity index (χ3v) is 10.1. The van der Waals surface area contributed by atoms with Crippen LogP contribution in [0.3, 0.4) is 0 Å². The molecular formula is C34H24N2S2. The zero-order valence-corrected chi connectivity index (χ0v) is 22.7. The Morgan fingerprint density at radius 2 is 1.39 bits per heavy atom. The summed E-state index contributed by atoms with van der Waals surface area (Å²) < 4.78 is 1.22. The van der Waals surface area contributed by atoms with Crippen molar-refractivity contribution in [2.45, 2.75) is 29.1 Å². The molecule has 2 nitrogen and oxygen atoms in total. The smallest absolute Gasteiger partial charge is 0.124 e. The molecule has 2 aliphatic rings. The van der Waals surface area contributed by atoms with Crippen LogP contribution in [0.15, 0.2) is 119 Å². The maximum atomic E-state index is 4.94. The lowest BCUT2D eigenvalue weighted by molar-refractivity contribution is 0.660. The molecule has 38 heavy (non-hydrogen) atoms. The molecule has 182 valence electrons. The SMILES string of the molecule is CC1(C)c2ccccc2-c2cccc(N3c4ccccc4Sc4cc(-c5nc6ccccc6s5)ccc43)c21. The lowest BCUT2D eigenvalue weighted by Crippen LogP contribution is -2.22. The van der Waals surface area contributed by atoms with Gasteiger partial charge in [0.2, 0.25) is 0 Å². The third kappa shape index (κ3) is 3.11. The highest BCUT2D eigenvalue weighted by molar-refractivity contribution is 7.99. The van der Waals surface area contributed by atoms with Gasteiger partial charge in [0, 0.05) is 20.8 Å². The van der Waals surface area contributed by atoms with Crippen LogP contribution in [-0.4, -0.2) is 4.98 Å². The number of hydrogen-bond acceptors (Lipinski definition) is 4. The molecule has 0 unspecified atom stereocenters. The molecule has 6 aromatic rings. The van der Waals surface area contributed by atoms with Crippen LogP contribution >= 0.6 is 23.1 Å². The molecule has 0 N–H and O–H groups in total. The summed E-state index contributed by atoms with van der Waals surface area (Å²) >= 11 is 3.61. The highest BCUT2D eigenvalue weighted by atomic mass is 32.2. The monoisotopic (exact) mass is 524 g/mol. The van der Waals surface area contributed by atoms with Gasteiger partial charge >= 0.3 is 0 Å². The van der Waals surface area contributed by atoms with Crippen molar-refractivity contribution in [3.05, 3.63) is 120 Å². The fourth-order valence-electron chi connectivity index (χ4n) is 6.15. The summed E-state index contributed by atoms with van der Waals surface area (Å²) in [5, 5.41) is 1.07. The van der Waals surface area contributed by atoms with Gasteiger partial charge in [-0.05, 0) is 70.8 Å². The van der Waals surface area contributed by atoms with E-state index in [0.717, 1.165) is 10.5 Å². The summed E-state index contributed by atoms with van der Waals surface area (Å²) in [6, 6.07) is 39.7. The highest BCUT2D eigenvalue weighted by Gasteiger charge is 2.39. The van der Waals surface area contributed by atoms with Gasteiger partial charge in [0.15, 0.2) is 0 Å². The van der Waals surface area contributed by atoms with Crippen molar-refractivity contribution in [1.29, 1.82) is 0 Å². The number of nitrogens with zero attached hydrogens (tertiary/aromatic N) is 2. The van der Waals surface area contributed by atoms with Crippen LogP contribution in [0.1, 0.15) is 25.0 Å². The van der Waals surface area contributed by atoms with Gasteiger partial charge in [0.25, 0.3) is 0 Å². The van der Waals surface area contributed by atoms with Crippen molar-refractivity contribution in [2.75, 3.05) is 4.90 Å². The molecule has 1 aromatic heterocycles. The van der Waals surface area contributed by atoms with Crippen LogP contribution < -0.4 is 4.90 Å². The van der Waals surface area contributed by atoms with Crippen molar-refractivity contribution < 1.29 is 0 Å². The molecule has 4 heteroatoms. The van der Waals surface area contributed by atoms with E-state index in [9.17, 15) is 0 Å². The molecule has 0 amide bonds. The number of thiazole rings is 1. The summed E-state index contributed by atoms with van der Waals surface area (Å²) in [4.78, 5) is 9.95. The molecule has 2 heterocycles. The van der Waals surface area contributed by atoms with Crippen LogP contribution in [0, 0.1) is 0 Å². The van der Waals surface area contributed by atoms with Gasteiger partial charge in [-0.25, -0.2) is 4.98 Å². The normalized spacial score (nSPS) is 14.6.